The summed E-state index contributed by atoms with van der Waals surface area (Å²) in [5.41, 5.74) is 11.3. The molecule has 2 aliphatic carbocycles. The molecule has 0 saturated carbocycles. The van der Waals surface area contributed by atoms with Crippen molar-refractivity contribution < 1.29 is 96.7 Å². The van der Waals surface area contributed by atoms with Gasteiger partial charge in [-0.15, -0.1) is 0 Å². The predicted octanol–water partition coefficient (Wildman–Crippen LogP) is 16.4. The van der Waals surface area contributed by atoms with Crippen LogP contribution in [0.3, 0.4) is 0 Å². The van der Waals surface area contributed by atoms with Crippen LogP contribution in [0.5, 0.6) is 109 Å². The van der Waals surface area contributed by atoms with Crippen molar-refractivity contribution in [3.8, 4) is 109 Å². The van der Waals surface area contributed by atoms with Gasteiger partial charge in [0.25, 0.3) is 0 Å². The van der Waals surface area contributed by atoms with Crippen molar-refractivity contribution in [2.24, 2.45) is 0 Å². The highest BCUT2D eigenvalue weighted by Gasteiger charge is 2.54. The Balaban J connectivity index is 0.000000136. The molecule has 0 bridgehead atoms. The van der Waals surface area contributed by atoms with E-state index in [1.165, 1.54) is 54.6 Å². The van der Waals surface area contributed by atoms with Gasteiger partial charge in [-0.3, -0.25) is 0 Å². The van der Waals surface area contributed by atoms with Crippen molar-refractivity contribution in [2.45, 2.75) is 35.7 Å². The second kappa shape index (κ2) is 29.2. The van der Waals surface area contributed by atoms with E-state index in [0.717, 1.165) is 44.5 Å². The van der Waals surface area contributed by atoms with Gasteiger partial charge in [-0.05, 0) is 194 Å². The minimum absolute atomic E-state index is 0.0235. The average molecular weight is 1380 g/mol. The van der Waals surface area contributed by atoms with Gasteiger partial charge in [0.2, 0.25) is 0 Å². The SMILES string of the molecule is Oc1cc(O)cc(/C=C/c2ccc(O)c(O)c2)c1.Oc1ccc(/C=C/c2cc(O)cc(O)c2)cc1.Oc1ccc(/C=C/c2cc(O)cc3c2C(c2cc(O)cc(O)c2)C(c2ccc(O)cc2)O3)cc1.Oc1ccc(C2c3c(O)cc(O)cc3[C@H]3C(c4ccc(O)cc4)c4c(O)cc(O)cc4C23)cc1. The highest BCUT2D eigenvalue weighted by molar-refractivity contribution is 5.77. The van der Waals surface area contributed by atoms with E-state index < -0.39 is 12.0 Å². The molecule has 0 amide bonds. The number of rotatable bonds is 10. The maximum absolute atomic E-state index is 11.0. The summed E-state index contributed by atoms with van der Waals surface area (Å²) in [5, 5.41) is 177. The molecule has 19 nitrogen and oxygen atoms in total. The van der Waals surface area contributed by atoms with Crippen molar-refractivity contribution in [1.82, 2.24) is 0 Å². The molecule has 1 aliphatic heterocycles. The first-order chi connectivity index (χ1) is 49.4. The number of phenols is 18. The molecule has 15 rings (SSSR count). The largest absolute Gasteiger partial charge is 0.508 e. The summed E-state index contributed by atoms with van der Waals surface area (Å²) in [6.45, 7) is 0. The zero-order valence-corrected chi connectivity index (χ0v) is 54.3. The molecule has 19 heteroatoms. The van der Waals surface area contributed by atoms with Crippen molar-refractivity contribution in [1.29, 1.82) is 0 Å². The van der Waals surface area contributed by atoms with E-state index in [1.54, 1.807) is 194 Å². The number of aromatic hydroxyl groups is 18. The zero-order chi connectivity index (χ0) is 72.9. The monoisotopic (exact) mass is 1380 g/mol. The third-order valence-electron chi connectivity index (χ3n) is 17.9. The van der Waals surface area contributed by atoms with Crippen molar-refractivity contribution >= 4 is 36.5 Å². The molecule has 12 aromatic rings. The van der Waals surface area contributed by atoms with Crippen LogP contribution in [0.4, 0.5) is 0 Å². The van der Waals surface area contributed by atoms with E-state index in [4.69, 9.17) is 14.9 Å². The third-order valence-corrected chi connectivity index (χ3v) is 17.9. The molecule has 12 aromatic carbocycles. The van der Waals surface area contributed by atoms with Crippen LogP contribution in [0.25, 0.3) is 36.5 Å². The van der Waals surface area contributed by atoms with Gasteiger partial charge in [0.1, 0.15) is 104 Å². The van der Waals surface area contributed by atoms with Gasteiger partial charge in [0, 0.05) is 76.8 Å². The molecule has 0 aromatic heterocycles. The second-order valence-electron chi connectivity index (χ2n) is 25.0. The van der Waals surface area contributed by atoms with Crippen molar-refractivity contribution in [3.05, 3.63) is 314 Å². The van der Waals surface area contributed by atoms with Crippen molar-refractivity contribution in [2.75, 3.05) is 0 Å². The molecular formula is C84H68O19. The Morgan fingerprint density at radius 2 is 0.553 bits per heavy atom. The normalized spacial score (nSPS) is 16.6. The molecule has 0 fully saturated rings. The van der Waals surface area contributed by atoms with E-state index in [2.05, 4.69) is 0 Å². The van der Waals surface area contributed by atoms with E-state index in [9.17, 15) is 81.7 Å². The van der Waals surface area contributed by atoms with Gasteiger partial charge >= 0.3 is 0 Å². The minimum Gasteiger partial charge on any atom is -0.508 e. The summed E-state index contributed by atoms with van der Waals surface area (Å²) in [5.74, 6) is -1.07. The third kappa shape index (κ3) is 15.7. The number of phenolic OH excluding ortho intramolecular Hbond substituents is 18. The standard InChI is InChI=1S/2C28H22O6.C14H12O4.C14H12O3/c29-15-5-1-13(2-6-15)23-25-19(9-17(31)11-21(25)33)28-24(14-3-7-16(30)8-4-14)26-20(27(23)28)10-18(32)12-22(26)34;29-20-7-2-16(3-8-20)1-4-18-11-24(33)15-25-26(18)27(19-12-22(31)14-23(32)13-19)28(34-25)17-5-9-21(30)10-6-17;15-11-5-10(6-12(16)8-11)2-1-9-3-4-13(17)14(18)7-9;15-12-5-3-10(4-6-12)1-2-11-7-13(16)9-14(17)8-11/h1-12,23-24,27-34H;1-15,27-33H;1-8,15-18H;1-9,15-17H/b;4-1+;2*2-1+/t23?,24?,27-,28?;;;/m0.../s1. The van der Waals surface area contributed by atoms with E-state index >= 15 is 0 Å². The highest BCUT2D eigenvalue weighted by atomic mass is 16.5. The van der Waals surface area contributed by atoms with E-state index in [-0.39, 0.29) is 127 Å². The van der Waals surface area contributed by atoms with Gasteiger partial charge in [0.05, 0.1) is 5.92 Å². The summed E-state index contributed by atoms with van der Waals surface area (Å²) in [4.78, 5) is 0. The lowest BCUT2D eigenvalue weighted by atomic mass is 9.79. The average Bonchev–Trinajstić information content (AvgIpc) is 1.53. The number of benzene rings is 12. The maximum Gasteiger partial charge on any atom is 0.157 e. The lowest BCUT2D eigenvalue weighted by Crippen LogP contribution is -2.11. The molecule has 518 valence electrons. The number of fused-ring (bicyclic) bond motifs is 6. The Labute approximate surface area is 589 Å². The summed E-state index contributed by atoms with van der Waals surface area (Å²) in [6, 6.07) is 60.3. The minimum atomic E-state index is -0.528. The van der Waals surface area contributed by atoms with Crippen LogP contribution in [0.1, 0.15) is 119 Å². The Bertz CT molecular complexity index is 5010. The Kier molecular flexibility index (Phi) is 19.6. The van der Waals surface area contributed by atoms with Crippen LogP contribution < -0.4 is 4.74 Å². The van der Waals surface area contributed by atoms with E-state index in [0.29, 0.717) is 44.7 Å². The lowest BCUT2D eigenvalue weighted by molar-refractivity contribution is 0.221. The highest BCUT2D eigenvalue weighted by Crippen LogP contribution is 2.69. The van der Waals surface area contributed by atoms with Gasteiger partial charge < -0.3 is 96.7 Å². The Morgan fingerprint density at radius 3 is 0.971 bits per heavy atom. The first-order valence-corrected chi connectivity index (χ1v) is 32.1. The summed E-state index contributed by atoms with van der Waals surface area (Å²) in [6.07, 6.45) is 10.1. The van der Waals surface area contributed by atoms with Gasteiger partial charge in [-0.25, -0.2) is 0 Å². The number of hydrogen-bond donors (Lipinski definition) is 18. The smallest absolute Gasteiger partial charge is 0.157 e. The van der Waals surface area contributed by atoms with Crippen LogP contribution in [0.2, 0.25) is 0 Å². The fraction of sp³-hybridized carbons (Fsp3) is 0.0714. The molecule has 0 spiro atoms. The molecule has 3 aliphatic rings. The molecule has 1 heterocycles. The van der Waals surface area contributed by atoms with E-state index in [1.807, 2.05) is 18.2 Å². The fourth-order valence-corrected chi connectivity index (χ4v) is 13.6. The van der Waals surface area contributed by atoms with Gasteiger partial charge in [-0.2, -0.15) is 0 Å². The van der Waals surface area contributed by atoms with Crippen LogP contribution in [0, 0.1) is 0 Å². The van der Waals surface area contributed by atoms with Gasteiger partial charge in [-0.1, -0.05) is 103 Å². The zero-order valence-electron chi connectivity index (χ0n) is 54.3. The molecular weight excluding hydrogens is 1310 g/mol. The Hall–Kier alpha value is -13.9. The molecule has 5 unspecified atom stereocenters. The topological polar surface area (TPSA) is 373 Å². The lowest BCUT2D eigenvalue weighted by Gasteiger charge is -2.23. The Morgan fingerprint density at radius 1 is 0.214 bits per heavy atom. The molecule has 6 atom stereocenters. The molecule has 0 radical (unpaired) electrons. The maximum atomic E-state index is 11.0. The van der Waals surface area contributed by atoms with Crippen LogP contribution in [-0.4, -0.2) is 91.9 Å². The summed E-state index contributed by atoms with van der Waals surface area (Å²) < 4.78 is 6.30. The number of ether oxygens (including phenoxy) is 1. The summed E-state index contributed by atoms with van der Waals surface area (Å²) in [7, 11) is 0. The molecule has 103 heavy (non-hydrogen) atoms. The second-order valence-corrected chi connectivity index (χ2v) is 25.0. The van der Waals surface area contributed by atoms with Crippen LogP contribution in [0.15, 0.2) is 231 Å². The predicted molar refractivity (Wildman–Crippen MR) is 388 cm³/mol. The van der Waals surface area contributed by atoms with Gasteiger partial charge in [0.15, 0.2) is 11.5 Å². The van der Waals surface area contributed by atoms with Crippen LogP contribution >= 0.6 is 0 Å². The first-order valence-electron chi connectivity index (χ1n) is 32.1. The quantitative estimate of drug-likeness (QED) is 0.0447. The summed E-state index contributed by atoms with van der Waals surface area (Å²) >= 11 is 0. The number of hydrogen-bond acceptors (Lipinski definition) is 19. The van der Waals surface area contributed by atoms with Crippen LogP contribution in [-0.2, 0) is 0 Å². The molecule has 18 N–H and O–H groups in total. The fourth-order valence-electron chi connectivity index (χ4n) is 13.6. The first kappa shape index (κ1) is 69.0. The molecule has 0 saturated heterocycles. The van der Waals surface area contributed by atoms with Crippen molar-refractivity contribution in [3.63, 3.8) is 0 Å².